The minimum absolute atomic E-state index is 0.00238. The number of carboxylic acid groups (broad SMARTS) is 1. The van der Waals surface area contributed by atoms with E-state index in [1.807, 2.05) is 4.90 Å². The maximum Gasteiger partial charge on any atom is 0.404 e. The Hall–Kier alpha value is -4.44. The van der Waals surface area contributed by atoms with Crippen molar-refractivity contribution in [2.75, 3.05) is 39.4 Å². The van der Waals surface area contributed by atoms with Crippen LogP contribution in [0.5, 0.6) is 0 Å². The smallest absolute Gasteiger partial charge is 0.404 e. The first-order valence-electron chi connectivity index (χ1n) is 18.0. The van der Waals surface area contributed by atoms with Crippen molar-refractivity contribution in [1.29, 1.82) is 0 Å². The first-order chi connectivity index (χ1) is 25.0. The number of benzene rings is 1. The van der Waals surface area contributed by atoms with Crippen LogP contribution in [0.2, 0.25) is 0 Å². The summed E-state index contributed by atoms with van der Waals surface area (Å²) < 4.78 is 33.6. The van der Waals surface area contributed by atoms with E-state index in [0.717, 1.165) is 41.3 Å². The molecule has 1 saturated heterocycles. The Morgan fingerprint density at radius 1 is 1.15 bits per heavy atom. The highest BCUT2D eigenvalue weighted by Crippen LogP contribution is 2.46. The fourth-order valence-electron chi connectivity index (χ4n) is 8.04. The van der Waals surface area contributed by atoms with E-state index in [0.29, 0.717) is 68.2 Å². The summed E-state index contributed by atoms with van der Waals surface area (Å²) in [6.07, 6.45) is 2.62. The third kappa shape index (κ3) is 6.55. The number of amides is 2. The van der Waals surface area contributed by atoms with Gasteiger partial charge in [0, 0.05) is 61.8 Å². The maximum atomic E-state index is 15.3. The summed E-state index contributed by atoms with van der Waals surface area (Å²) in [7, 11) is 0. The molecule has 5 heterocycles. The predicted octanol–water partition coefficient (Wildman–Crippen LogP) is 3.13. The van der Waals surface area contributed by atoms with Crippen LogP contribution in [0.15, 0.2) is 16.9 Å². The number of hydrogen-bond donors (Lipinski definition) is 4. The highest BCUT2D eigenvalue weighted by molar-refractivity contribution is 5.94. The minimum atomic E-state index is -1.99. The number of carbonyl (C=O) groups excluding carboxylic acids is 2. The van der Waals surface area contributed by atoms with E-state index in [2.05, 4.69) is 10.6 Å². The first-order valence-corrected chi connectivity index (χ1v) is 18.0. The zero-order chi connectivity index (χ0) is 36.7. The Bertz CT molecular complexity index is 1990. The minimum Gasteiger partial charge on any atom is -0.465 e. The predicted molar refractivity (Wildman–Crippen MR) is 185 cm³/mol. The van der Waals surface area contributed by atoms with Gasteiger partial charge in [-0.3, -0.25) is 14.5 Å². The van der Waals surface area contributed by atoms with Gasteiger partial charge in [0.25, 0.3) is 5.56 Å². The molecule has 52 heavy (non-hydrogen) atoms. The third-order valence-electron chi connectivity index (χ3n) is 10.9. The molecule has 1 unspecified atom stereocenters. The fraction of sp³-hybridized carbons (Fsp3) is 0.541. The summed E-state index contributed by atoms with van der Waals surface area (Å²) >= 11 is 0. The van der Waals surface area contributed by atoms with Gasteiger partial charge in [0.2, 0.25) is 5.91 Å². The van der Waals surface area contributed by atoms with Crippen LogP contribution in [0, 0.1) is 12.7 Å². The number of ether oxygens (including phenoxy) is 3. The molecule has 2 aromatic heterocycles. The van der Waals surface area contributed by atoms with Crippen LogP contribution in [0.4, 0.5) is 9.18 Å². The molecule has 0 spiro atoms. The molecule has 4 N–H and O–H groups in total. The molecular weight excluding hydrogens is 677 g/mol. The number of carbonyl (C=O) groups is 3. The zero-order valence-electron chi connectivity index (χ0n) is 29.4. The highest BCUT2D eigenvalue weighted by Gasteiger charge is 2.46. The second-order valence-electron chi connectivity index (χ2n) is 14.0. The Kier molecular flexibility index (Phi) is 10.0. The van der Waals surface area contributed by atoms with Crippen molar-refractivity contribution >= 4 is 28.9 Å². The van der Waals surface area contributed by atoms with Gasteiger partial charge < -0.3 is 39.6 Å². The number of nitrogens with one attached hydrogen (secondary N) is 2. The number of pyridine rings is 2. The molecule has 1 aliphatic carbocycles. The molecule has 0 bridgehead atoms. The van der Waals surface area contributed by atoms with Crippen LogP contribution in [-0.4, -0.2) is 88.3 Å². The number of aryl methyl sites for hydroxylation is 1. The molecule has 278 valence electrons. The number of fused-ring (bicyclic) bond motifs is 5. The molecule has 0 radical (unpaired) electrons. The van der Waals surface area contributed by atoms with Gasteiger partial charge in [-0.05, 0) is 68.2 Å². The first kappa shape index (κ1) is 35.9. The molecule has 7 rings (SSSR count). The summed E-state index contributed by atoms with van der Waals surface area (Å²) in [6.45, 7) is 5.69. The number of nitrogens with zero attached hydrogens (tertiary/aromatic N) is 3. The van der Waals surface area contributed by atoms with Crippen molar-refractivity contribution in [3.8, 4) is 11.4 Å². The molecule has 0 saturated carbocycles. The van der Waals surface area contributed by atoms with E-state index in [4.69, 9.17) is 24.3 Å². The topological polar surface area (TPSA) is 182 Å². The quantitative estimate of drug-likeness (QED) is 0.158. The lowest BCUT2D eigenvalue weighted by molar-refractivity contribution is -0.172. The highest BCUT2D eigenvalue weighted by atomic mass is 19.1. The van der Waals surface area contributed by atoms with E-state index in [9.17, 15) is 24.3 Å². The molecular formula is C37H44FN5O9. The SMILES string of the molecule is CC[C@@]1(O)C(=O)OCc2c1cc1n(c2=O)Cc2c-1nc1cc(F)c(C)c3c1c2[C@@H](NC(=O)CCN(CCNC(=O)O)CCOC1CCCCO1)CC3. The van der Waals surface area contributed by atoms with Crippen molar-refractivity contribution in [3.63, 3.8) is 0 Å². The standard InChI is InChI=1S/C37H44FN5O9/c1-3-37(49)24-16-28-33-22(18-43(28)34(45)23(24)19-52-35(37)46)32-26(8-7-21-20(2)25(38)17-27(41-33)31(21)32)40-29(44)9-11-42(12-10-39-36(47)48)13-15-51-30-6-4-5-14-50-30/h16-17,26,30,39,49H,3-15,18-19H2,1-2H3,(H,40,44)(H,47,48)/t26-,30?,37-/m0/s1. The molecule has 14 nitrogen and oxygen atoms in total. The number of rotatable bonds is 12. The van der Waals surface area contributed by atoms with Gasteiger partial charge >= 0.3 is 12.1 Å². The number of aromatic nitrogens is 2. The van der Waals surface area contributed by atoms with E-state index in [1.54, 1.807) is 24.5 Å². The van der Waals surface area contributed by atoms with Crippen molar-refractivity contribution < 1.29 is 43.2 Å². The summed E-state index contributed by atoms with van der Waals surface area (Å²) in [6, 6.07) is 2.54. The van der Waals surface area contributed by atoms with E-state index in [1.165, 1.54) is 6.07 Å². The van der Waals surface area contributed by atoms with Gasteiger partial charge in [0.1, 0.15) is 12.4 Å². The van der Waals surface area contributed by atoms with Gasteiger partial charge in [-0.1, -0.05) is 6.92 Å². The molecule has 3 atom stereocenters. The van der Waals surface area contributed by atoms with Crippen molar-refractivity contribution in [2.24, 2.45) is 0 Å². The summed E-state index contributed by atoms with van der Waals surface area (Å²) in [5.74, 6) is -1.44. The third-order valence-corrected chi connectivity index (χ3v) is 10.9. The molecule has 3 aliphatic heterocycles. The lowest BCUT2D eigenvalue weighted by atomic mass is 9.81. The second kappa shape index (κ2) is 14.5. The van der Waals surface area contributed by atoms with Crippen LogP contribution in [0.25, 0.3) is 22.3 Å². The largest absolute Gasteiger partial charge is 0.465 e. The van der Waals surface area contributed by atoms with E-state index >= 15 is 4.39 Å². The van der Waals surface area contributed by atoms with Crippen LogP contribution in [-0.2, 0) is 49.0 Å². The number of hydrogen-bond acceptors (Lipinski definition) is 10. The van der Waals surface area contributed by atoms with E-state index < -0.39 is 35.1 Å². The number of halogens is 1. The van der Waals surface area contributed by atoms with Gasteiger partial charge in [-0.15, -0.1) is 0 Å². The van der Waals surface area contributed by atoms with Crippen LogP contribution in [0.1, 0.15) is 84.9 Å². The molecule has 15 heteroatoms. The molecule has 2 amide bonds. The summed E-state index contributed by atoms with van der Waals surface area (Å²) in [4.78, 5) is 58.1. The molecule has 1 aromatic carbocycles. The Labute approximate surface area is 299 Å². The Morgan fingerprint density at radius 2 is 1.98 bits per heavy atom. The molecule has 4 aliphatic rings. The fourth-order valence-corrected chi connectivity index (χ4v) is 8.04. The van der Waals surface area contributed by atoms with Gasteiger partial charge in [0.15, 0.2) is 11.9 Å². The average molecular weight is 722 g/mol. The summed E-state index contributed by atoms with van der Waals surface area (Å²) in [5.41, 5.74) is 2.06. The van der Waals surface area contributed by atoms with E-state index in [-0.39, 0.29) is 55.9 Å². The molecule has 1 fully saturated rings. The maximum absolute atomic E-state index is 15.3. The van der Waals surface area contributed by atoms with Crippen LogP contribution < -0.4 is 16.2 Å². The van der Waals surface area contributed by atoms with Crippen molar-refractivity contribution in [1.82, 2.24) is 25.1 Å². The second-order valence-corrected chi connectivity index (χ2v) is 14.0. The monoisotopic (exact) mass is 721 g/mol. The van der Waals surface area contributed by atoms with Crippen LogP contribution in [0.3, 0.4) is 0 Å². The van der Waals surface area contributed by atoms with Crippen molar-refractivity contribution in [2.45, 2.75) is 89.9 Å². The Balaban J connectivity index is 1.17. The van der Waals surface area contributed by atoms with Crippen molar-refractivity contribution in [3.05, 3.63) is 61.7 Å². The number of cyclic esters (lactones) is 1. The Morgan fingerprint density at radius 3 is 2.73 bits per heavy atom. The van der Waals surface area contributed by atoms with Gasteiger partial charge in [-0.2, -0.15) is 0 Å². The lowest BCUT2D eigenvalue weighted by Crippen LogP contribution is -2.44. The lowest BCUT2D eigenvalue weighted by Gasteiger charge is -2.31. The zero-order valence-corrected chi connectivity index (χ0v) is 29.4. The average Bonchev–Trinajstić information content (AvgIpc) is 3.50. The number of aliphatic hydroxyl groups is 1. The molecule has 3 aromatic rings. The normalized spacial score (nSPS) is 21.8. The van der Waals surface area contributed by atoms with Gasteiger partial charge in [0.05, 0.1) is 41.7 Å². The number of esters is 1. The van der Waals surface area contributed by atoms with Gasteiger partial charge in [-0.25, -0.2) is 19.0 Å². The van der Waals surface area contributed by atoms with Crippen LogP contribution >= 0.6 is 0 Å². The summed E-state index contributed by atoms with van der Waals surface area (Å²) in [5, 5.41) is 26.7.